The van der Waals surface area contributed by atoms with E-state index in [0.29, 0.717) is 11.1 Å². The Morgan fingerprint density at radius 2 is 2.05 bits per heavy atom. The maximum Gasteiger partial charge on any atom is 0.263 e. The summed E-state index contributed by atoms with van der Waals surface area (Å²) in [5.74, 6) is 0.165. The predicted molar refractivity (Wildman–Crippen MR) is 79.0 cm³/mol. The fraction of sp³-hybridized carbons (Fsp3) is 0.231. The zero-order valence-electron chi connectivity index (χ0n) is 11.4. The second kappa shape index (κ2) is 5.87. The number of carbonyl (C=O) groups is 1. The minimum absolute atomic E-state index is 0.0916. The molecule has 0 bridgehead atoms. The molecular formula is C13H13ClN2O4S. The molecule has 2 aromatic rings. The van der Waals surface area contributed by atoms with Gasteiger partial charge in [-0.15, -0.1) is 0 Å². The largest absolute Gasteiger partial charge is 0.483 e. The minimum Gasteiger partial charge on any atom is -0.483 e. The molecule has 0 aliphatic carbocycles. The molecule has 0 saturated heterocycles. The third-order valence-electron chi connectivity index (χ3n) is 2.81. The summed E-state index contributed by atoms with van der Waals surface area (Å²) in [7, 11) is 4.72. The molecule has 6 nitrogen and oxygen atoms in total. The lowest BCUT2D eigenvalue weighted by Gasteiger charge is -2.13. The van der Waals surface area contributed by atoms with Gasteiger partial charge in [-0.2, -0.15) is 0 Å². The molecule has 1 aromatic heterocycles. The molecule has 0 fully saturated rings. The van der Waals surface area contributed by atoms with Crippen LogP contribution in [0.5, 0.6) is 5.75 Å². The summed E-state index contributed by atoms with van der Waals surface area (Å²) in [6.45, 7) is -0.149. The molecule has 2 rings (SSSR count). The maximum absolute atomic E-state index is 11.5. The van der Waals surface area contributed by atoms with Crippen molar-refractivity contribution in [2.75, 3.05) is 20.7 Å². The highest BCUT2D eigenvalue weighted by atomic mass is 35.7. The van der Waals surface area contributed by atoms with Crippen molar-refractivity contribution in [2.45, 2.75) is 4.90 Å². The van der Waals surface area contributed by atoms with E-state index in [-0.39, 0.29) is 22.9 Å². The van der Waals surface area contributed by atoms with Crippen LogP contribution in [0.25, 0.3) is 10.9 Å². The number of pyridine rings is 1. The number of benzene rings is 1. The van der Waals surface area contributed by atoms with Crippen molar-refractivity contribution >= 4 is 36.5 Å². The third-order valence-corrected chi connectivity index (χ3v) is 4.16. The monoisotopic (exact) mass is 328 g/mol. The van der Waals surface area contributed by atoms with Crippen molar-refractivity contribution in [1.29, 1.82) is 0 Å². The lowest BCUT2D eigenvalue weighted by molar-refractivity contribution is -0.130. The van der Waals surface area contributed by atoms with Crippen LogP contribution < -0.4 is 4.74 Å². The van der Waals surface area contributed by atoms with Crippen molar-refractivity contribution in [3.63, 3.8) is 0 Å². The van der Waals surface area contributed by atoms with Crippen molar-refractivity contribution in [3.05, 3.63) is 30.5 Å². The Morgan fingerprint density at radius 1 is 1.33 bits per heavy atom. The summed E-state index contributed by atoms with van der Waals surface area (Å²) >= 11 is 0. The molecule has 0 N–H and O–H groups in total. The number of amides is 1. The highest BCUT2D eigenvalue weighted by molar-refractivity contribution is 8.14. The lowest BCUT2D eigenvalue weighted by Crippen LogP contribution is -2.27. The number of halogens is 1. The Hall–Kier alpha value is -1.86. The summed E-state index contributed by atoms with van der Waals surface area (Å²) in [5, 5.41) is 0.478. The van der Waals surface area contributed by atoms with E-state index in [1.807, 2.05) is 0 Å². The van der Waals surface area contributed by atoms with E-state index in [9.17, 15) is 13.2 Å². The van der Waals surface area contributed by atoms with Crippen LogP contribution in [0.2, 0.25) is 0 Å². The number of likely N-dealkylation sites (N-methyl/N-ethyl adjacent to an activating group) is 1. The number of nitrogens with zero attached hydrogens (tertiary/aromatic N) is 2. The van der Waals surface area contributed by atoms with E-state index in [4.69, 9.17) is 15.4 Å². The minimum atomic E-state index is -3.91. The number of aromatic nitrogens is 1. The van der Waals surface area contributed by atoms with Crippen molar-refractivity contribution in [2.24, 2.45) is 0 Å². The lowest BCUT2D eigenvalue weighted by atomic mass is 10.2. The number of hydrogen-bond donors (Lipinski definition) is 0. The van der Waals surface area contributed by atoms with Gasteiger partial charge in [-0.3, -0.25) is 9.78 Å². The summed E-state index contributed by atoms with van der Waals surface area (Å²) in [6, 6.07) is 6.08. The Balaban J connectivity index is 2.46. The molecule has 1 amide bonds. The highest BCUT2D eigenvalue weighted by Crippen LogP contribution is 2.31. The van der Waals surface area contributed by atoms with E-state index < -0.39 is 9.05 Å². The molecule has 0 atom stereocenters. The van der Waals surface area contributed by atoms with E-state index in [0.717, 1.165) is 0 Å². The predicted octanol–water partition coefficient (Wildman–Crippen LogP) is 1.63. The number of ether oxygens (including phenoxy) is 1. The van der Waals surface area contributed by atoms with Gasteiger partial charge < -0.3 is 9.64 Å². The molecular weight excluding hydrogens is 316 g/mol. The van der Waals surface area contributed by atoms with Gasteiger partial charge in [-0.05, 0) is 24.3 Å². The SMILES string of the molecule is CN(C)C(=O)COc1ccc(S(=O)(=O)Cl)c2ncccc12. The van der Waals surface area contributed by atoms with Gasteiger partial charge in [-0.25, -0.2) is 8.42 Å². The highest BCUT2D eigenvalue weighted by Gasteiger charge is 2.18. The van der Waals surface area contributed by atoms with E-state index in [1.54, 1.807) is 26.2 Å². The summed E-state index contributed by atoms with van der Waals surface area (Å²) in [4.78, 5) is 16.9. The van der Waals surface area contributed by atoms with Gasteiger partial charge in [0.2, 0.25) is 0 Å². The molecule has 1 heterocycles. The number of rotatable bonds is 4. The smallest absolute Gasteiger partial charge is 0.263 e. The molecule has 0 unspecified atom stereocenters. The summed E-state index contributed by atoms with van der Waals surface area (Å²) in [6.07, 6.45) is 1.46. The van der Waals surface area contributed by atoms with Crippen LogP contribution in [0.3, 0.4) is 0 Å². The van der Waals surface area contributed by atoms with Crippen LogP contribution in [-0.2, 0) is 13.8 Å². The first kappa shape index (κ1) is 15.5. The van der Waals surface area contributed by atoms with Gasteiger partial charge in [0, 0.05) is 36.4 Å². The van der Waals surface area contributed by atoms with Crippen LogP contribution in [0.4, 0.5) is 0 Å². The van der Waals surface area contributed by atoms with Gasteiger partial charge in [0.15, 0.2) is 6.61 Å². The van der Waals surface area contributed by atoms with Crippen molar-refractivity contribution in [1.82, 2.24) is 9.88 Å². The quantitative estimate of drug-likeness (QED) is 0.797. The molecule has 112 valence electrons. The standard InChI is InChI=1S/C13H13ClN2O4S/c1-16(2)12(17)8-20-10-5-6-11(21(14,18)19)13-9(10)4-3-7-15-13/h3-7H,8H2,1-2H3. The van der Waals surface area contributed by atoms with Crippen molar-refractivity contribution in [3.8, 4) is 5.75 Å². The molecule has 8 heteroatoms. The van der Waals surface area contributed by atoms with Crippen molar-refractivity contribution < 1.29 is 17.9 Å². The fourth-order valence-corrected chi connectivity index (χ4v) is 2.71. The van der Waals surface area contributed by atoms with Gasteiger partial charge in [0.05, 0.1) is 5.52 Å². The Bertz CT molecular complexity index is 790. The normalized spacial score (nSPS) is 11.4. The second-order valence-corrected chi connectivity index (χ2v) is 7.01. The van der Waals surface area contributed by atoms with Gasteiger partial charge in [0.25, 0.3) is 15.0 Å². The Kier molecular flexibility index (Phi) is 4.34. The molecule has 0 aliphatic rings. The van der Waals surface area contributed by atoms with Gasteiger partial charge >= 0.3 is 0 Å². The molecule has 1 aromatic carbocycles. The van der Waals surface area contributed by atoms with Crippen LogP contribution in [0.15, 0.2) is 35.4 Å². The summed E-state index contributed by atoms with van der Waals surface area (Å²) in [5.41, 5.74) is 0.210. The Labute approximate surface area is 126 Å². The van der Waals surface area contributed by atoms with E-state index in [2.05, 4.69) is 4.98 Å². The van der Waals surface area contributed by atoms with Crippen LogP contribution in [0.1, 0.15) is 0 Å². The first-order valence-corrected chi connectivity index (χ1v) is 8.27. The van der Waals surface area contributed by atoms with Crippen LogP contribution in [0, 0.1) is 0 Å². The Morgan fingerprint density at radius 3 is 2.67 bits per heavy atom. The van der Waals surface area contributed by atoms with E-state index in [1.165, 1.54) is 23.2 Å². The topological polar surface area (TPSA) is 76.6 Å². The van der Waals surface area contributed by atoms with Crippen LogP contribution in [-0.4, -0.2) is 44.9 Å². The molecule has 21 heavy (non-hydrogen) atoms. The number of carbonyl (C=O) groups excluding carboxylic acids is 1. The first-order chi connectivity index (χ1) is 9.80. The average molecular weight is 329 g/mol. The maximum atomic E-state index is 11.5. The number of hydrogen-bond acceptors (Lipinski definition) is 5. The van der Waals surface area contributed by atoms with Gasteiger partial charge in [-0.1, -0.05) is 0 Å². The molecule has 0 radical (unpaired) electrons. The van der Waals surface area contributed by atoms with Gasteiger partial charge in [0.1, 0.15) is 10.6 Å². The summed E-state index contributed by atoms with van der Waals surface area (Å²) < 4.78 is 28.5. The fourth-order valence-electron chi connectivity index (χ4n) is 1.71. The zero-order valence-corrected chi connectivity index (χ0v) is 13.0. The first-order valence-electron chi connectivity index (χ1n) is 5.96. The zero-order chi connectivity index (χ0) is 15.6. The van der Waals surface area contributed by atoms with Crippen LogP contribution >= 0.6 is 10.7 Å². The third kappa shape index (κ3) is 3.43. The number of fused-ring (bicyclic) bond motifs is 1. The molecule has 0 spiro atoms. The molecule has 0 saturated carbocycles. The van der Waals surface area contributed by atoms with E-state index >= 15 is 0 Å². The molecule has 0 aliphatic heterocycles. The average Bonchev–Trinajstić information content (AvgIpc) is 2.42. The second-order valence-electron chi connectivity index (χ2n) is 4.48.